The van der Waals surface area contributed by atoms with Crippen molar-refractivity contribution in [2.45, 2.75) is 6.92 Å². The third kappa shape index (κ3) is 1.96. The van der Waals surface area contributed by atoms with Crippen LogP contribution in [0.1, 0.15) is 12.6 Å². The van der Waals surface area contributed by atoms with Gasteiger partial charge in [0.25, 0.3) is 0 Å². The van der Waals surface area contributed by atoms with E-state index in [0.29, 0.717) is 5.69 Å². The van der Waals surface area contributed by atoms with Gasteiger partial charge in [0.2, 0.25) is 5.70 Å². The van der Waals surface area contributed by atoms with Gasteiger partial charge in [-0.15, -0.1) is 0 Å². The van der Waals surface area contributed by atoms with E-state index in [-0.39, 0.29) is 5.70 Å². The van der Waals surface area contributed by atoms with Crippen LogP contribution in [0.25, 0.3) is 17.0 Å². The Morgan fingerprint density at radius 1 is 1.62 bits per heavy atom. The molecule has 0 fully saturated rings. The topological polar surface area (TPSA) is 71.8 Å². The number of benzene rings is 1. The van der Waals surface area contributed by atoms with Crippen LogP contribution in [0, 0.1) is 10.1 Å². The summed E-state index contributed by atoms with van der Waals surface area (Å²) in [6, 6.07) is 5.59. The van der Waals surface area contributed by atoms with Gasteiger partial charge in [0, 0.05) is 22.9 Å². The zero-order chi connectivity index (χ0) is 11.7. The fourth-order valence-electron chi connectivity index (χ4n) is 1.37. The number of nitro groups is 1. The molecule has 1 aromatic carbocycles. The Morgan fingerprint density at radius 2 is 2.38 bits per heavy atom. The van der Waals surface area contributed by atoms with Crippen molar-refractivity contribution in [1.29, 1.82) is 0 Å². The zero-order valence-corrected chi connectivity index (χ0v) is 9.98. The third-order valence-corrected chi connectivity index (χ3v) is 2.68. The van der Waals surface area contributed by atoms with E-state index in [1.165, 1.54) is 13.0 Å². The first-order valence-electron chi connectivity index (χ1n) is 4.54. The minimum atomic E-state index is -0.426. The molecule has 6 heteroatoms. The van der Waals surface area contributed by atoms with Gasteiger partial charge in [0.05, 0.1) is 16.1 Å². The minimum Gasteiger partial charge on any atom is -0.277 e. The molecule has 0 saturated heterocycles. The van der Waals surface area contributed by atoms with Crippen molar-refractivity contribution in [1.82, 2.24) is 10.2 Å². The second-order valence-corrected chi connectivity index (χ2v) is 4.26. The molecule has 0 aliphatic heterocycles. The molecule has 1 aromatic heterocycles. The first-order chi connectivity index (χ1) is 7.58. The van der Waals surface area contributed by atoms with E-state index in [4.69, 9.17) is 0 Å². The van der Waals surface area contributed by atoms with Crippen LogP contribution in [-0.2, 0) is 0 Å². The number of fused-ring (bicyclic) bond motifs is 1. The number of halogens is 1. The van der Waals surface area contributed by atoms with Gasteiger partial charge in [-0.3, -0.25) is 15.2 Å². The quantitative estimate of drug-likeness (QED) is 0.679. The summed E-state index contributed by atoms with van der Waals surface area (Å²) in [6.45, 7) is 1.45. The molecular formula is C10H8BrN3O2. The molecule has 0 radical (unpaired) electrons. The van der Waals surface area contributed by atoms with Gasteiger partial charge in [-0.1, -0.05) is 15.9 Å². The Morgan fingerprint density at radius 3 is 3.06 bits per heavy atom. The Labute approximate surface area is 99.4 Å². The predicted octanol–water partition coefficient (Wildman–Crippen LogP) is 2.96. The third-order valence-electron chi connectivity index (χ3n) is 2.19. The number of aromatic nitrogens is 2. The van der Waals surface area contributed by atoms with E-state index in [1.54, 1.807) is 0 Å². The Balaban J connectivity index is 2.57. The highest BCUT2D eigenvalue weighted by molar-refractivity contribution is 9.10. The molecule has 0 bridgehead atoms. The minimum absolute atomic E-state index is 0.0746. The van der Waals surface area contributed by atoms with E-state index < -0.39 is 4.92 Å². The highest BCUT2D eigenvalue weighted by Crippen LogP contribution is 2.22. The number of rotatable bonds is 2. The summed E-state index contributed by atoms with van der Waals surface area (Å²) >= 11 is 3.35. The molecule has 0 atom stereocenters. The van der Waals surface area contributed by atoms with Crippen LogP contribution in [0.5, 0.6) is 0 Å². The number of H-pyrrole nitrogens is 1. The summed E-state index contributed by atoms with van der Waals surface area (Å²) in [4.78, 5) is 10.1. The molecule has 1 heterocycles. The number of allylic oxidation sites excluding steroid dienone is 1. The summed E-state index contributed by atoms with van der Waals surface area (Å²) in [6.07, 6.45) is 1.47. The number of nitrogens with one attached hydrogen (secondary N) is 1. The highest BCUT2D eigenvalue weighted by Gasteiger charge is 2.08. The Bertz CT molecular complexity index is 589. The SMILES string of the molecule is CC(=Cc1[nH]nc2ccc(Br)cc12)[N+](=O)[O-]. The van der Waals surface area contributed by atoms with Gasteiger partial charge in [-0.2, -0.15) is 5.10 Å². The van der Waals surface area contributed by atoms with Crippen molar-refractivity contribution < 1.29 is 4.92 Å². The maximum Gasteiger partial charge on any atom is 0.245 e. The lowest BCUT2D eigenvalue weighted by atomic mass is 10.2. The normalized spacial score (nSPS) is 12.0. The van der Waals surface area contributed by atoms with Gasteiger partial charge in [0.1, 0.15) is 0 Å². The second-order valence-electron chi connectivity index (χ2n) is 3.34. The van der Waals surface area contributed by atoms with Crippen molar-refractivity contribution in [3.8, 4) is 0 Å². The van der Waals surface area contributed by atoms with Crippen LogP contribution in [-0.4, -0.2) is 15.1 Å². The summed E-state index contributed by atoms with van der Waals surface area (Å²) < 4.78 is 0.912. The predicted molar refractivity (Wildman–Crippen MR) is 64.4 cm³/mol. The standard InChI is InChI=1S/C10H8BrN3O2/c1-6(14(15)16)4-10-8-5-7(11)2-3-9(8)12-13-10/h2-5H,1H3,(H,12,13). The lowest BCUT2D eigenvalue weighted by Crippen LogP contribution is -1.93. The molecule has 0 saturated carbocycles. The van der Waals surface area contributed by atoms with Crippen LogP contribution >= 0.6 is 15.9 Å². The number of aromatic amines is 1. The van der Waals surface area contributed by atoms with Gasteiger partial charge in [-0.05, 0) is 18.2 Å². The Hall–Kier alpha value is -1.69. The van der Waals surface area contributed by atoms with Crippen molar-refractivity contribution in [3.05, 3.63) is 44.2 Å². The number of hydrogen-bond donors (Lipinski definition) is 1. The molecule has 1 N–H and O–H groups in total. The zero-order valence-electron chi connectivity index (χ0n) is 8.40. The van der Waals surface area contributed by atoms with Gasteiger partial charge >= 0.3 is 0 Å². The van der Waals surface area contributed by atoms with E-state index >= 15 is 0 Å². The molecule has 5 nitrogen and oxygen atoms in total. The van der Waals surface area contributed by atoms with Crippen molar-refractivity contribution in [2.24, 2.45) is 0 Å². The lowest BCUT2D eigenvalue weighted by molar-refractivity contribution is -0.422. The smallest absolute Gasteiger partial charge is 0.245 e. The molecule has 0 aliphatic rings. The molecule has 2 rings (SSSR count). The highest BCUT2D eigenvalue weighted by atomic mass is 79.9. The van der Waals surface area contributed by atoms with E-state index in [2.05, 4.69) is 26.1 Å². The summed E-state index contributed by atoms with van der Waals surface area (Å²) in [5, 5.41) is 18.2. The van der Waals surface area contributed by atoms with Crippen molar-refractivity contribution in [3.63, 3.8) is 0 Å². The number of hydrogen-bond acceptors (Lipinski definition) is 3. The van der Waals surface area contributed by atoms with Crippen LogP contribution < -0.4 is 0 Å². The van der Waals surface area contributed by atoms with Gasteiger partial charge in [-0.25, -0.2) is 0 Å². The largest absolute Gasteiger partial charge is 0.277 e. The average Bonchev–Trinajstić information content (AvgIpc) is 2.61. The van der Waals surface area contributed by atoms with Crippen molar-refractivity contribution in [2.75, 3.05) is 0 Å². The summed E-state index contributed by atoms with van der Waals surface area (Å²) in [7, 11) is 0. The molecule has 0 unspecified atom stereocenters. The van der Waals surface area contributed by atoms with E-state index in [1.807, 2.05) is 18.2 Å². The van der Waals surface area contributed by atoms with Crippen LogP contribution in [0.2, 0.25) is 0 Å². The molecule has 0 amide bonds. The van der Waals surface area contributed by atoms with Crippen LogP contribution in [0.15, 0.2) is 28.4 Å². The molecular weight excluding hydrogens is 274 g/mol. The van der Waals surface area contributed by atoms with E-state index in [9.17, 15) is 10.1 Å². The lowest BCUT2D eigenvalue weighted by Gasteiger charge is -1.92. The second kappa shape index (κ2) is 4.05. The maximum absolute atomic E-state index is 10.5. The fraction of sp³-hybridized carbons (Fsp3) is 0.100. The van der Waals surface area contributed by atoms with Gasteiger partial charge in [0.15, 0.2) is 0 Å². The van der Waals surface area contributed by atoms with Gasteiger partial charge < -0.3 is 0 Å². The summed E-state index contributed by atoms with van der Waals surface area (Å²) in [5.41, 5.74) is 1.50. The first kappa shape index (κ1) is 10.8. The summed E-state index contributed by atoms with van der Waals surface area (Å²) in [5.74, 6) is 0. The molecule has 0 spiro atoms. The van der Waals surface area contributed by atoms with Crippen LogP contribution in [0.3, 0.4) is 0 Å². The average molecular weight is 282 g/mol. The fourth-order valence-corrected chi connectivity index (χ4v) is 1.73. The molecule has 16 heavy (non-hydrogen) atoms. The number of nitrogens with zero attached hydrogens (tertiary/aromatic N) is 2. The Kier molecular flexibility index (Phi) is 2.74. The monoisotopic (exact) mass is 281 g/mol. The first-order valence-corrected chi connectivity index (χ1v) is 5.33. The molecule has 2 aromatic rings. The maximum atomic E-state index is 10.5. The van der Waals surface area contributed by atoms with Crippen LogP contribution in [0.4, 0.5) is 0 Å². The molecule has 0 aliphatic carbocycles. The van der Waals surface area contributed by atoms with E-state index in [0.717, 1.165) is 15.4 Å². The van der Waals surface area contributed by atoms with Crippen molar-refractivity contribution >= 4 is 32.9 Å². The molecule has 82 valence electrons.